The second kappa shape index (κ2) is 9.59. The van der Waals surface area contributed by atoms with E-state index in [1.54, 1.807) is 23.0 Å². The van der Waals surface area contributed by atoms with Crippen molar-refractivity contribution >= 4 is 17.6 Å². The van der Waals surface area contributed by atoms with E-state index in [1.165, 1.54) is 23.1 Å². The number of carbonyl (C=O) groups excluding carboxylic acids is 2. The topological polar surface area (TPSA) is 76.5 Å². The predicted molar refractivity (Wildman–Crippen MR) is 114 cm³/mol. The second-order valence-electron chi connectivity index (χ2n) is 7.44. The molecule has 9 heteroatoms. The SMILES string of the molecule is O=C(Nc1ccn(-c2ccccc2)n1)C1CCCN(C(=O)c2ccccc2OC(F)F)C1. The minimum Gasteiger partial charge on any atom is -0.434 e. The molecule has 2 amide bonds. The van der Waals surface area contributed by atoms with Crippen LogP contribution in [0.2, 0.25) is 0 Å². The summed E-state index contributed by atoms with van der Waals surface area (Å²) in [6.07, 6.45) is 2.99. The van der Waals surface area contributed by atoms with E-state index < -0.39 is 18.4 Å². The van der Waals surface area contributed by atoms with Crippen molar-refractivity contribution in [2.75, 3.05) is 18.4 Å². The molecule has 1 aliphatic rings. The van der Waals surface area contributed by atoms with Crippen LogP contribution in [0.3, 0.4) is 0 Å². The summed E-state index contributed by atoms with van der Waals surface area (Å²) in [5.74, 6) is -0.869. The normalized spacial score (nSPS) is 16.1. The lowest BCUT2D eigenvalue weighted by atomic mass is 9.96. The summed E-state index contributed by atoms with van der Waals surface area (Å²) in [7, 11) is 0. The van der Waals surface area contributed by atoms with Crippen molar-refractivity contribution in [3.63, 3.8) is 0 Å². The van der Waals surface area contributed by atoms with E-state index in [4.69, 9.17) is 0 Å². The minimum absolute atomic E-state index is 0.0514. The molecule has 3 aromatic rings. The lowest BCUT2D eigenvalue weighted by Crippen LogP contribution is -2.44. The number of aromatic nitrogens is 2. The van der Waals surface area contributed by atoms with E-state index in [2.05, 4.69) is 15.2 Å². The fourth-order valence-corrected chi connectivity index (χ4v) is 3.73. The van der Waals surface area contributed by atoms with Crippen LogP contribution in [-0.2, 0) is 4.79 Å². The summed E-state index contributed by atoms with van der Waals surface area (Å²) >= 11 is 0. The fraction of sp³-hybridized carbons (Fsp3) is 0.261. The molecule has 0 spiro atoms. The summed E-state index contributed by atoms with van der Waals surface area (Å²) in [5, 5.41) is 7.18. The van der Waals surface area contributed by atoms with Crippen molar-refractivity contribution in [2.24, 2.45) is 5.92 Å². The van der Waals surface area contributed by atoms with Gasteiger partial charge in [0, 0.05) is 25.4 Å². The van der Waals surface area contributed by atoms with Crippen LogP contribution < -0.4 is 10.1 Å². The minimum atomic E-state index is -3.03. The number of carbonyl (C=O) groups is 2. The number of rotatable bonds is 6. The van der Waals surface area contributed by atoms with Gasteiger partial charge in [0.05, 0.1) is 17.2 Å². The van der Waals surface area contributed by atoms with E-state index in [0.717, 1.165) is 5.69 Å². The maximum Gasteiger partial charge on any atom is 0.387 e. The largest absolute Gasteiger partial charge is 0.434 e. The van der Waals surface area contributed by atoms with E-state index >= 15 is 0 Å². The molecule has 4 rings (SSSR count). The van der Waals surface area contributed by atoms with Gasteiger partial charge >= 0.3 is 6.61 Å². The number of hydrogen-bond acceptors (Lipinski definition) is 4. The molecule has 1 N–H and O–H groups in total. The van der Waals surface area contributed by atoms with Crippen LogP contribution in [-0.4, -0.2) is 46.2 Å². The first kappa shape index (κ1) is 21.5. The molecule has 1 aliphatic heterocycles. The molecule has 0 radical (unpaired) electrons. The Morgan fingerprint density at radius 1 is 1.06 bits per heavy atom. The molecule has 0 saturated carbocycles. The third-order valence-corrected chi connectivity index (χ3v) is 5.27. The lowest BCUT2D eigenvalue weighted by Gasteiger charge is -2.32. The average Bonchev–Trinajstić information content (AvgIpc) is 3.28. The first-order valence-electron chi connectivity index (χ1n) is 10.3. The van der Waals surface area contributed by atoms with E-state index in [9.17, 15) is 18.4 Å². The van der Waals surface area contributed by atoms with Crippen LogP contribution in [0.5, 0.6) is 5.75 Å². The standard InChI is InChI=1S/C23H22F2N4O3/c24-23(25)32-19-11-5-4-10-18(19)22(31)28-13-6-7-16(15-28)21(30)26-20-12-14-29(27-20)17-8-2-1-3-9-17/h1-5,8-12,14,16,23H,6-7,13,15H2,(H,26,27,30). The van der Waals surface area contributed by atoms with E-state index in [0.29, 0.717) is 25.2 Å². The molecule has 0 bridgehead atoms. The second-order valence-corrected chi connectivity index (χ2v) is 7.44. The molecule has 32 heavy (non-hydrogen) atoms. The molecule has 7 nitrogen and oxygen atoms in total. The first-order chi connectivity index (χ1) is 15.5. The number of halogens is 2. The molecule has 1 atom stereocenters. The fourth-order valence-electron chi connectivity index (χ4n) is 3.73. The zero-order valence-electron chi connectivity index (χ0n) is 17.2. The smallest absolute Gasteiger partial charge is 0.387 e. The molecule has 166 valence electrons. The molecule has 0 aliphatic carbocycles. The maximum absolute atomic E-state index is 12.9. The Balaban J connectivity index is 1.41. The van der Waals surface area contributed by atoms with Gasteiger partial charge in [0.25, 0.3) is 5.91 Å². The van der Waals surface area contributed by atoms with Gasteiger partial charge in [-0.15, -0.1) is 0 Å². The van der Waals surface area contributed by atoms with Crippen LogP contribution in [0.15, 0.2) is 66.9 Å². The zero-order chi connectivity index (χ0) is 22.5. The third-order valence-electron chi connectivity index (χ3n) is 5.27. The number of nitrogens with zero attached hydrogens (tertiary/aromatic N) is 3. The van der Waals surface area contributed by atoms with Gasteiger partial charge in [0.2, 0.25) is 5.91 Å². The molecule has 2 aromatic carbocycles. The highest BCUT2D eigenvalue weighted by atomic mass is 19.3. The highest BCUT2D eigenvalue weighted by Gasteiger charge is 2.30. The number of anilines is 1. The van der Waals surface area contributed by atoms with Gasteiger partial charge in [-0.3, -0.25) is 9.59 Å². The maximum atomic E-state index is 12.9. The Hall–Kier alpha value is -3.75. The van der Waals surface area contributed by atoms with Gasteiger partial charge in [-0.25, -0.2) is 4.68 Å². The predicted octanol–water partition coefficient (Wildman–Crippen LogP) is 3.96. The Morgan fingerprint density at radius 2 is 1.81 bits per heavy atom. The van der Waals surface area contributed by atoms with Crippen LogP contribution in [0.4, 0.5) is 14.6 Å². The van der Waals surface area contributed by atoms with Gasteiger partial charge in [-0.05, 0) is 37.1 Å². The van der Waals surface area contributed by atoms with E-state index in [1.807, 2.05) is 30.3 Å². The van der Waals surface area contributed by atoms with Crippen LogP contribution in [0, 0.1) is 5.92 Å². The lowest BCUT2D eigenvalue weighted by molar-refractivity contribution is -0.121. The highest BCUT2D eigenvalue weighted by molar-refractivity contribution is 5.98. The molecule has 1 saturated heterocycles. The van der Waals surface area contributed by atoms with E-state index in [-0.39, 0.29) is 23.8 Å². The number of amides is 2. The first-order valence-corrected chi connectivity index (χ1v) is 10.3. The summed E-state index contributed by atoms with van der Waals surface area (Å²) in [6.45, 7) is -2.40. The van der Waals surface area contributed by atoms with Crippen LogP contribution in [0.1, 0.15) is 23.2 Å². The Morgan fingerprint density at radius 3 is 2.59 bits per heavy atom. The van der Waals surface area contributed by atoms with Crippen molar-refractivity contribution in [1.29, 1.82) is 0 Å². The Labute approximate surface area is 183 Å². The number of ether oxygens (including phenoxy) is 1. The number of benzene rings is 2. The van der Waals surface area contributed by atoms with Crippen molar-refractivity contribution in [3.05, 3.63) is 72.4 Å². The number of hydrogen-bond donors (Lipinski definition) is 1. The van der Waals surface area contributed by atoms with Crippen molar-refractivity contribution in [2.45, 2.75) is 19.5 Å². The van der Waals surface area contributed by atoms with Gasteiger partial charge in [0.1, 0.15) is 5.75 Å². The molecular formula is C23H22F2N4O3. The average molecular weight is 440 g/mol. The molecular weight excluding hydrogens is 418 g/mol. The van der Waals surface area contributed by atoms with Gasteiger partial charge in [-0.1, -0.05) is 30.3 Å². The van der Waals surface area contributed by atoms with Crippen molar-refractivity contribution < 1.29 is 23.1 Å². The van der Waals surface area contributed by atoms with Crippen molar-refractivity contribution in [3.8, 4) is 11.4 Å². The van der Waals surface area contributed by atoms with Gasteiger partial charge in [0.15, 0.2) is 5.82 Å². The highest BCUT2D eigenvalue weighted by Crippen LogP contribution is 2.25. The summed E-state index contributed by atoms with van der Waals surface area (Å²) < 4.78 is 31.5. The van der Waals surface area contributed by atoms with Crippen LogP contribution in [0.25, 0.3) is 5.69 Å². The zero-order valence-corrected chi connectivity index (χ0v) is 17.2. The number of nitrogens with one attached hydrogen (secondary N) is 1. The van der Waals surface area contributed by atoms with Gasteiger partial charge in [-0.2, -0.15) is 13.9 Å². The quantitative estimate of drug-likeness (QED) is 0.630. The number of alkyl halides is 2. The molecule has 1 unspecified atom stereocenters. The monoisotopic (exact) mass is 440 g/mol. The Kier molecular flexibility index (Phi) is 6.44. The number of para-hydroxylation sites is 2. The summed E-state index contributed by atoms with van der Waals surface area (Å²) in [5.41, 5.74) is 0.919. The van der Waals surface area contributed by atoms with Crippen LogP contribution >= 0.6 is 0 Å². The van der Waals surface area contributed by atoms with Crippen molar-refractivity contribution in [1.82, 2.24) is 14.7 Å². The third kappa shape index (κ3) is 4.93. The Bertz CT molecular complexity index is 1090. The molecule has 1 fully saturated rings. The van der Waals surface area contributed by atoms with Gasteiger partial charge < -0.3 is 15.0 Å². The molecule has 1 aromatic heterocycles. The summed E-state index contributed by atoms with van der Waals surface area (Å²) in [4.78, 5) is 27.3. The molecule has 2 heterocycles. The number of likely N-dealkylation sites (tertiary alicyclic amines) is 1. The summed E-state index contributed by atoms with van der Waals surface area (Å²) in [6, 6.07) is 17.1. The number of piperidine rings is 1.